The fourth-order valence-electron chi connectivity index (χ4n) is 5.77. The van der Waals surface area contributed by atoms with Gasteiger partial charge >= 0.3 is 0 Å². The van der Waals surface area contributed by atoms with Crippen molar-refractivity contribution in [2.45, 2.75) is 52.9 Å². The van der Waals surface area contributed by atoms with Crippen LogP contribution in [0.4, 0.5) is 11.6 Å². The van der Waals surface area contributed by atoms with E-state index < -0.39 is 0 Å². The molecule has 0 aliphatic heterocycles. The minimum Gasteiger partial charge on any atom is -0.497 e. The molecular weight excluding hydrogens is 673 g/mol. The van der Waals surface area contributed by atoms with Gasteiger partial charge < -0.3 is 26.0 Å². The fourth-order valence-corrected chi connectivity index (χ4v) is 5.77. The van der Waals surface area contributed by atoms with Crippen LogP contribution in [-0.4, -0.2) is 28.9 Å². The molecule has 2 aromatic heterocycles. The summed E-state index contributed by atoms with van der Waals surface area (Å²) in [4.78, 5) is 30.8. The first-order valence-electron chi connectivity index (χ1n) is 18.0. The van der Waals surface area contributed by atoms with Crippen molar-refractivity contribution in [2.75, 3.05) is 17.7 Å². The lowest BCUT2D eigenvalue weighted by atomic mass is 10.0. The molecule has 9 heteroatoms. The lowest BCUT2D eigenvalue weighted by Gasteiger charge is -2.15. The highest BCUT2D eigenvalue weighted by molar-refractivity contribution is 5.88. The smallest absolute Gasteiger partial charge is 0.222 e. The van der Waals surface area contributed by atoms with Crippen molar-refractivity contribution in [3.05, 3.63) is 162 Å². The molecule has 2 atom stereocenters. The molecule has 0 fully saturated rings. The number of rotatable bonds is 13. The molecule has 6 aromatic rings. The third-order valence-corrected chi connectivity index (χ3v) is 8.80. The van der Waals surface area contributed by atoms with Crippen LogP contribution in [0.25, 0.3) is 22.3 Å². The Bertz CT molecular complexity index is 2090. The molecule has 0 radical (unpaired) electrons. The summed E-state index contributed by atoms with van der Waals surface area (Å²) in [5, 5.41) is 12.5. The number of nitrogens with zero attached hydrogens (tertiary/aromatic N) is 2. The summed E-state index contributed by atoms with van der Waals surface area (Å²) >= 11 is 0. The van der Waals surface area contributed by atoms with Crippen molar-refractivity contribution in [3.8, 4) is 28.0 Å². The second-order valence-corrected chi connectivity index (χ2v) is 13.0. The van der Waals surface area contributed by atoms with Gasteiger partial charge in [0.05, 0.1) is 7.11 Å². The Labute approximate surface area is 318 Å². The molecule has 0 unspecified atom stereocenters. The largest absolute Gasteiger partial charge is 0.497 e. The molecule has 2 amide bonds. The zero-order valence-corrected chi connectivity index (χ0v) is 31.5. The van der Waals surface area contributed by atoms with E-state index >= 15 is 0 Å². The molecule has 0 saturated carbocycles. The van der Waals surface area contributed by atoms with Gasteiger partial charge in [-0.05, 0) is 95.8 Å². The molecule has 4 aromatic carbocycles. The average molecular weight is 721 g/mol. The number of hydrogen-bond donors (Lipinski definition) is 4. The van der Waals surface area contributed by atoms with E-state index in [0.717, 1.165) is 41.1 Å². The van der Waals surface area contributed by atoms with Crippen LogP contribution >= 0.6 is 0 Å². The summed E-state index contributed by atoms with van der Waals surface area (Å²) in [5.41, 5.74) is 9.16. The monoisotopic (exact) mass is 720 g/mol. The Morgan fingerprint density at radius 1 is 0.556 bits per heavy atom. The van der Waals surface area contributed by atoms with Gasteiger partial charge in [0.2, 0.25) is 11.8 Å². The number of methoxy groups -OCH3 is 1. The van der Waals surface area contributed by atoms with Gasteiger partial charge in [0.25, 0.3) is 0 Å². The minimum absolute atomic E-state index is 0.120. The number of ether oxygens (including phenoxy) is 1. The van der Waals surface area contributed by atoms with Gasteiger partial charge in [-0.1, -0.05) is 78.9 Å². The van der Waals surface area contributed by atoms with Gasteiger partial charge in [-0.2, -0.15) is 0 Å². The van der Waals surface area contributed by atoms with Crippen LogP contribution in [-0.2, 0) is 22.7 Å². The van der Waals surface area contributed by atoms with E-state index in [1.54, 1.807) is 19.5 Å². The first kappa shape index (κ1) is 39.1. The number of benzene rings is 4. The molecule has 0 bridgehead atoms. The summed E-state index contributed by atoms with van der Waals surface area (Å²) in [6.45, 7) is 8.82. The third kappa shape index (κ3) is 11.9. The quantitative estimate of drug-likeness (QED) is 0.0941. The number of amides is 2. The average Bonchev–Trinajstić information content (AvgIpc) is 3.20. The molecule has 0 spiro atoms. The summed E-state index contributed by atoms with van der Waals surface area (Å²) in [6, 6.07) is 43.4. The maximum Gasteiger partial charge on any atom is 0.222 e. The molecular formula is C45H48N6O3. The van der Waals surface area contributed by atoms with E-state index in [4.69, 9.17) is 4.74 Å². The predicted octanol–water partition coefficient (Wildman–Crippen LogP) is 9.12. The Hall–Kier alpha value is -6.16. The summed E-state index contributed by atoms with van der Waals surface area (Å²) in [6.07, 6.45) is 3.56. The van der Waals surface area contributed by atoms with E-state index in [0.29, 0.717) is 17.7 Å². The van der Waals surface area contributed by atoms with Gasteiger partial charge in [0.1, 0.15) is 17.4 Å². The third-order valence-electron chi connectivity index (χ3n) is 8.80. The van der Waals surface area contributed by atoms with Crippen LogP contribution in [0, 0.1) is 0 Å². The van der Waals surface area contributed by atoms with Crippen molar-refractivity contribution >= 4 is 23.5 Å². The number of aromatic nitrogens is 2. The van der Waals surface area contributed by atoms with Crippen molar-refractivity contribution in [1.82, 2.24) is 20.6 Å². The van der Waals surface area contributed by atoms with Gasteiger partial charge in [-0.3, -0.25) is 9.59 Å². The van der Waals surface area contributed by atoms with E-state index in [1.807, 2.05) is 48.5 Å². The Balaban J connectivity index is 0.000000208. The maximum absolute atomic E-state index is 11.1. The zero-order valence-electron chi connectivity index (χ0n) is 31.5. The van der Waals surface area contributed by atoms with Crippen molar-refractivity contribution < 1.29 is 14.3 Å². The van der Waals surface area contributed by atoms with Crippen LogP contribution in [0.1, 0.15) is 62.0 Å². The second-order valence-electron chi connectivity index (χ2n) is 13.0. The Morgan fingerprint density at radius 2 is 1.02 bits per heavy atom. The first-order chi connectivity index (χ1) is 26.2. The second kappa shape index (κ2) is 19.6. The zero-order chi connectivity index (χ0) is 38.3. The van der Waals surface area contributed by atoms with E-state index in [-0.39, 0.29) is 17.9 Å². The molecule has 4 N–H and O–H groups in total. The topological polar surface area (TPSA) is 117 Å². The lowest BCUT2D eigenvalue weighted by molar-refractivity contribution is -0.115. The molecule has 0 saturated heterocycles. The van der Waals surface area contributed by atoms with Crippen LogP contribution in [0.2, 0.25) is 0 Å². The molecule has 54 heavy (non-hydrogen) atoms. The van der Waals surface area contributed by atoms with E-state index in [9.17, 15) is 9.59 Å². The predicted molar refractivity (Wildman–Crippen MR) is 218 cm³/mol. The SMILES string of the molecule is CC(=O)Nc1ccc(-c2cccc(CN[C@H](C)c3ccccc3)c2)cn1.COc1ccc([C@@H](C)NCc2cccc(-c3ccc(NC(C)=O)nc3)c2)cc1. The molecule has 0 aliphatic carbocycles. The first-order valence-corrected chi connectivity index (χ1v) is 18.0. The van der Waals surface area contributed by atoms with Crippen molar-refractivity contribution in [3.63, 3.8) is 0 Å². The minimum atomic E-state index is -0.126. The van der Waals surface area contributed by atoms with Crippen molar-refractivity contribution in [2.24, 2.45) is 0 Å². The number of anilines is 2. The lowest BCUT2D eigenvalue weighted by Crippen LogP contribution is -2.18. The Morgan fingerprint density at radius 3 is 1.43 bits per heavy atom. The highest BCUT2D eigenvalue weighted by Crippen LogP contribution is 2.24. The standard InChI is InChI=1S/C23H25N3O2.C22H23N3O/c1-16(19-7-10-22(28-3)11-8-19)24-14-18-5-4-6-20(13-18)21-9-12-23(25-15-21)26-17(2)27;1-16(19-8-4-3-5-9-19)23-14-18-7-6-10-20(13-18)21-11-12-22(24-15-21)25-17(2)26/h4-13,15-16,24H,14H2,1-3H3,(H,25,26,27);3-13,15-16,23H,14H2,1-2H3,(H,24,25,26)/t2*16-/m11/s1. The molecule has 2 heterocycles. The van der Waals surface area contributed by atoms with Crippen molar-refractivity contribution in [1.29, 1.82) is 0 Å². The fraction of sp³-hybridized carbons (Fsp3) is 0.200. The number of pyridine rings is 2. The van der Waals surface area contributed by atoms with Gasteiger partial charge in [-0.25, -0.2) is 9.97 Å². The maximum atomic E-state index is 11.1. The highest BCUT2D eigenvalue weighted by Gasteiger charge is 2.08. The van der Waals surface area contributed by atoms with Gasteiger partial charge in [0, 0.05) is 62.5 Å². The Kier molecular flexibility index (Phi) is 14.2. The number of carbonyl (C=O) groups excluding carboxylic acids is 2. The molecule has 9 nitrogen and oxygen atoms in total. The van der Waals surface area contributed by atoms with Crippen LogP contribution in [0.5, 0.6) is 5.75 Å². The van der Waals surface area contributed by atoms with Gasteiger partial charge in [-0.15, -0.1) is 0 Å². The highest BCUT2D eigenvalue weighted by atomic mass is 16.5. The molecule has 276 valence electrons. The molecule has 0 aliphatic rings. The summed E-state index contributed by atoms with van der Waals surface area (Å²) < 4.78 is 5.21. The molecule has 6 rings (SSSR count). The number of carbonyl (C=O) groups is 2. The van der Waals surface area contributed by atoms with Crippen LogP contribution < -0.4 is 26.0 Å². The van der Waals surface area contributed by atoms with Gasteiger partial charge in [0.15, 0.2) is 0 Å². The number of hydrogen-bond acceptors (Lipinski definition) is 7. The summed E-state index contributed by atoms with van der Waals surface area (Å²) in [7, 11) is 1.67. The van der Waals surface area contributed by atoms with Crippen LogP contribution in [0.3, 0.4) is 0 Å². The number of nitrogens with one attached hydrogen (secondary N) is 4. The summed E-state index contributed by atoms with van der Waals surface area (Å²) in [5.74, 6) is 1.74. The van der Waals surface area contributed by atoms with Crippen LogP contribution in [0.15, 0.2) is 140 Å². The normalized spacial score (nSPS) is 11.7. The van der Waals surface area contributed by atoms with E-state index in [1.165, 1.54) is 36.1 Å². The van der Waals surface area contributed by atoms with E-state index in [2.05, 4.69) is 124 Å².